The van der Waals surface area contributed by atoms with E-state index in [9.17, 15) is 0 Å². The van der Waals surface area contributed by atoms with E-state index in [1.807, 2.05) is 29.8 Å². The lowest BCUT2D eigenvalue weighted by Gasteiger charge is -2.31. The molecule has 0 spiro atoms. The zero-order chi connectivity index (χ0) is 78.4. The fourth-order valence-corrected chi connectivity index (χ4v) is 20.8. The van der Waals surface area contributed by atoms with Crippen LogP contribution in [0.15, 0.2) is 399 Å². The molecule has 21 heteroatoms. The van der Waals surface area contributed by atoms with Crippen LogP contribution in [0.5, 0.6) is 5.75 Å². The molecule has 0 saturated carbocycles. The Balaban J connectivity index is 0.0000000977. The second-order valence-corrected chi connectivity index (χ2v) is 31.9. The van der Waals surface area contributed by atoms with Crippen molar-refractivity contribution in [3.8, 4) is 22.8 Å². The van der Waals surface area contributed by atoms with Crippen LogP contribution in [-0.2, 0) is 0 Å². The van der Waals surface area contributed by atoms with Crippen LogP contribution in [0, 0.1) is 0 Å². The smallest absolute Gasteiger partial charge is 0.521 e. The summed E-state index contributed by atoms with van der Waals surface area (Å²) in [5.74, 6) is 3.63. The van der Waals surface area contributed by atoms with E-state index in [1.165, 1.54) is 44.7 Å². The Bertz CT molecular complexity index is 7680. The van der Waals surface area contributed by atoms with Crippen molar-refractivity contribution in [3.05, 3.63) is 394 Å². The number of imidazole rings is 6. The van der Waals surface area contributed by atoms with Crippen LogP contribution >= 0.6 is 11.6 Å². The minimum Gasteiger partial charge on any atom is -0.521 e. The summed E-state index contributed by atoms with van der Waals surface area (Å²) in [6.45, 7) is 0. The van der Waals surface area contributed by atoms with Crippen LogP contribution in [0.25, 0.3) is 101 Å². The van der Waals surface area contributed by atoms with Gasteiger partial charge in [-0.1, -0.05) is 182 Å². The summed E-state index contributed by atoms with van der Waals surface area (Å²) in [5.41, 5.74) is 32.7. The van der Waals surface area contributed by atoms with Crippen molar-refractivity contribution in [1.29, 1.82) is 0 Å². The molecule has 0 amide bonds. The maximum atomic E-state index is 6.52. The standard InChI is InChI=1S/C37H25BN6.C31H20BN5O.C31H20BN5S/c1-2-13-26(14-3-1)42-33-21-8-10-23-35(33)44-36-24-11-9-22-34(36)43(38(42)44)28-16-12-15-27(25-28)40-31-19-6-7-20-32(31)41-30-18-5-4-17-29(30)39-37(40)41;2*1-2-13-24-23(12-1)33-31-34(25-14-3-4-15-26(25)35(24)31)21-10-9-11-22(20-21)36-27-16-5-6-17-28(27)37-29-18-7-8-19-30(29)38-32(36)37/h1-25H;2*1-20H. The summed E-state index contributed by atoms with van der Waals surface area (Å²) in [4.78, 5) is 33.4. The molecule has 0 aliphatic carbocycles. The Morgan fingerprint density at radius 2 is 0.525 bits per heavy atom. The van der Waals surface area contributed by atoms with E-state index in [0.29, 0.717) is 0 Å². The summed E-state index contributed by atoms with van der Waals surface area (Å²) >= 11 is 1.91. The fourth-order valence-electron chi connectivity index (χ4n) is 19.4. The van der Waals surface area contributed by atoms with Crippen LogP contribution < -0.4 is 38.3 Å². The number of hydrogen-bond acceptors (Lipinski definition) is 12. The molecule has 0 bridgehead atoms. The molecular formula is C99H65B3N16OS. The van der Waals surface area contributed by atoms with E-state index in [2.05, 4.69) is 437 Å². The van der Waals surface area contributed by atoms with Crippen molar-refractivity contribution >= 4 is 195 Å². The lowest BCUT2D eigenvalue weighted by molar-refractivity contribution is 0.592. The van der Waals surface area contributed by atoms with Crippen molar-refractivity contribution in [2.75, 3.05) is 33.7 Å². The van der Waals surface area contributed by atoms with Gasteiger partial charge >= 0.3 is 20.6 Å². The van der Waals surface area contributed by atoms with Gasteiger partial charge in [-0.15, -0.1) is 11.6 Å². The van der Waals surface area contributed by atoms with Gasteiger partial charge in [0, 0.05) is 33.3 Å². The normalized spacial score (nSPS) is 13.9. The lowest BCUT2D eigenvalue weighted by Crippen LogP contribution is -2.51. The predicted molar refractivity (Wildman–Crippen MR) is 492 cm³/mol. The summed E-state index contributed by atoms with van der Waals surface area (Å²) in [6.07, 6.45) is 0.135. The minimum absolute atomic E-state index is 0.0992. The Morgan fingerprint density at radius 3 is 0.992 bits per heavy atom. The van der Waals surface area contributed by atoms with Crippen molar-refractivity contribution in [1.82, 2.24) is 41.9 Å². The van der Waals surface area contributed by atoms with Gasteiger partial charge in [-0.2, -0.15) is 0 Å². The molecule has 6 aliphatic rings. The van der Waals surface area contributed by atoms with Gasteiger partial charge in [0.25, 0.3) is 0 Å². The highest BCUT2D eigenvalue weighted by Crippen LogP contribution is 2.59. The molecule has 120 heavy (non-hydrogen) atoms. The Kier molecular flexibility index (Phi) is 14.4. The average molecular weight is 1560 g/mol. The molecule has 22 aromatic rings. The highest BCUT2D eigenvalue weighted by molar-refractivity contribution is 8.27. The zero-order valence-corrected chi connectivity index (χ0v) is 65.0. The van der Waals surface area contributed by atoms with Crippen molar-refractivity contribution in [2.24, 2.45) is 0 Å². The van der Waals surface area contributed by atoms with Gasteiger partial charge in [-0.05, 0) is 212 Å². The van der Waals surface area contributed by atoms with Crippen LogP contribution in [0.1, 0.15) is 0 Å². The number of nitrogens with zero attached hydrogens (tertiary/aromatic N) is 16. The van der Waals surface area contributed by atoms with Crippen LogP contribution in [-0.4, -0.2) is 62.4 Å². The summed E-state index contributed by atoms with van der Waals surface area (Å²) in [7, 11) is -0.381. The van der Waals surface area contributed by atoms with E-state index in [4.69, 9.17) is 19.6 Å². The molecule has 17 nitrogen and oxygen atoms in total. The highest BCUT2D eigenvalue weighted by Gasteiger charge is 2.55. The van der Waals surface area contributed by atoms with Gasteiger partial charge in [-0.25, -0.2) is 15.0 Å². The molecule has 0 atom stereocenters. The van der Waals surface area contributed by atoms with Gasteiger partial charge in [0.05, 0.1) is 134 Å². The van der Waals surface area contributed by atoms with Crippen molar-refractivity contribution in [2.45, 2.75) is 4.90 Å². The first-order valence-electron chi connectivity index (χ1n) is 40.5. The zero-order valence-electron chi connectivity index (χ0n) is 64.2. The number of para-hydroxylation sites is 24. The topological polar surface area (TPSA) is 98.6 Å². The van der Waals surface area contributed by atoms with Gasteiger partial charge in [0.1, 0.15) is 5.75 Å². The third-order valence-corrected chi connectivity index (χ3v) is 25.6. The maximum Gasteiger partial charge on any atom is 0.628 e. The highest BCUT2D eigenvalue weighted by atomic mass is 32.2. The second-order valence-electron chi connectivity index (χ2n) is 30.8. The SMILES string of the molecule is c1cc(N2B3Oc4ccccc4N3c3ccccc32)cc(-n2c3ccccc3n3c4ccccc4nc23)c1.c1cc(N2B3Sc4ccccc4N3c3ccccc32)cc(-n2c3ccccc3n3c4ccccc4nc23)c1.c1ccc(N2B3N(c4cccc(-n5c6ccccc6n6c7ccccc7nc56)c4)c4ccccc4N3c3ccccc32)cc1. The second kappa shape index (κ2) is 25.9. The number of rotatable bonds is 7. The van der Waals surface area contributed by atoms with E-state index in [0.717, 1.165) is 146 Å². The molecule has 0 N–H and O–H groups in total. The molecule has 0 radical (unpaired) electrons. The number of anilines is 14. The minimum atomic E-state index is -0.282. The van der Waals surface area contributed by atoms with E-state index < -0.39 is 0 Å². The number of benzene rings is 16. The molecular weight excluding hydrogens is 1490 g/mol. The summed E-state index contributed by atoms with van der Waals surface area (Å²) < 4.78 is 20.1. The van der Waals surface area contributed by atoms with E-state index >= 15 is 0 Å². The van der Waals surface area contributed by atoms with Crippen molar-refractivity contribution in [3.63, 3.8) is 0 Å². The fraction of sp³-hybridized carbons (Fsp3) is 0. The first kappa shape index (κ1) is 66.5. The number of aromatic nitrogens is 9. The summed E-state index contributed by atoms with van der Waals surface area (Å²) in [6, 6.07) is 139. The van der Waals surface area contributed by atoms with E-state index in [1.54, 1.807) is 0 Å². The van der Waals surface area contributed by atoms with Gasteiger partial charge in [0.15, 0.2) is 0 Å². The van der Waals surface area contributed by atoms with E-state index in [-0.39, 0.29) is 20.6 Å². The molecule has 28 rings (SSSR count). The lowest BCUT2D eigenvalue weighted by atomic mass is 9.86. The van der Waals surface area contributed by atoms with Crippen molar-refractivity contribution < 1.29 is 4.65 Å². The first-order valence-corrected chi connectivity index (χ1v) is 41.4. The van der Waals surface area contributed by atoms with Crippen LogP contribution in [0.3, 0.4) is 0 Å². The maximum absolute atomic E-state index is 6.52. The Morgan fingerprint density at radius 1 is 0.217 bits per heavy atom. The molecule has 6 aliphatic heterocycles. The number of hydrogen-bond donors (Lipinski definition) is 0. The Labute approximate surface area is 693 Å². The largest absolute Gasteiger partial charge is 0.628 e. The first-order chi connectivity index (χ1) is 59.6. The molecule has 16 aromatic carbocycles. The molecule has 0 fully saturated rings. The molecule has 12 heterocycles. The molecule has 562 valence electrons. The molecule has 0 saturated heterocycles. The predicted octanol–water partition coefficient (Wildman–Crippen LogP) is 23.8. The monoisotopic (exact) mass is 1560 g/mol. The quantitative estimate of drug-likeness (QED) is 0.142. The van der Waals surface area contributed by atoms with Gasteiger partial charge in [0.2, 0.25) is 17.3 Å². The third-order valence-electron chi connectivity index (χ3n) is 24.3. The average Bonchev–Trinajstić information content (AvgIpc) is 1.54. The van der Waals surface area contributed by atoms with Gasteiger partial charge in [-0.3, -0.25) is 26.9 Å². The number of fused-ring (bicyclic) bond motifs is 30. The third kappa shape index (κ3) is 9.62. The molecule has 0 unspecified atom stereocenters. The van der Waals surface area contributed by atoms with Crippen LogP contribution in [0.4, 0.5) is 79.6 Å². The molecule has 6 aromatic heterocycles. The summed E-state index contributed by atoms with van der Waals surface area (Å²) in [5, 5.41) is 0. The van der Waals surface area contributed by atoms with Gasteiger partial charge < -0.3 is 38.3 Å². The Hall–Kier alpha value is -15.7. The van der Waals surface area contributed by atoms with Crippen LogP contribution in [0.2, 0.25) is 0 Å².